The zero-order valence-electron chi connectivity index (χ0n) is 15.0. The van der Waals surface area contributed by atoms with Gasteiger partial charge in [-0.1, -0.05) is 6.07 Å². The summed E-state index contributed by atoms with van der Waals surface area (Å²) in [5.41, 5.74) is 4.20. The highest BCUT2D eigenvalue weighted by Gasteiger charge is 2.18. The normalized spacial score (nSPS) is 11.6. The number of nitrogens with zero attached hydrogens (tertiary/aromatic N) is 3. The third-order valence-electron chi connectivity index (χ3n) is 3.82. The first-order valence-electron chi connectivity index (χ1n) is 7.69. The van der Waals surface area contributed by atoms with Gasteiger partial charge in [0.05, 0.1) is 17.1 Å². The molecular weight excluding hydrogens is 324 g/mol. The zero-order valence-corrected chi connectivity index (χ0v) is 15.8. The van der Waals surface area contributed by atoms with Crippen molar-refractivity contribution >= 4 is 16.0 Å². The molecule has 6 nitrogen and oxygen atoms in total. The van der Waals surface area contributed by atoms with Gasteiger partial charge in [0.1, 0.15) is 0 Å². The van der Waals surface area contributed by atoms with Crippen molar-refractivity contribution in [1.82, 2.24) is 14.7 Å². The summed E-state index contributed by atoms with van der Waals surface area (Å²) in [6.45, 7) is 7.67. The van der Waals surface area contributed by atoms with Crippen molar-refractivity contribution in [2.45, 2.75) is 39.1 Å². The van der Waals surface area contributed by atoms with Gasteiger partial charge in [-0.25, -0.2) is 23.1 Å². The molecule has 0 fully saturated rings. The molecule has 1 aromatic carbocycles. The van der Waals surface area contributed by atoms with Crippen LogP contribution in [0.2, 0.25) is 0 Å². The van der Waals surface area contributed by atoms with Crippen LogP contribution in [-0.4, -0.2) is 32.5 Å². The molecule has 0 aliphatic heterocycles. The van der Waals surface area contributed by atoms with E-state index in [9.17, 15) is 8.42 Å². The van der Waals surface area contributed by atoms with Gasteiger partial charge in [-0.2, -0.15) is 0 Å². The van der Waals surface area contributed by atoms with Gasteiger partial charge in [0.25, 0.3) is 0 Å². The van der Waals surface area contributed by atoms with Crippen LogP contribution in [0, 0.1) is 27.7 Å². The quantitative estimate of drug-likeness (QED) is 0.897. The second-order valence-corrected chi connectivity index (χ2v) is 7.96. The number of nitrogens with one attached hydrogen (secondary N) is 1. The summed E-state index contributed by atoms with van der Waals surface area (Å²) in [5.74, 6) is 0.562. The maximum atomic E-state index is 12.6. The van der Waals surface area contributed by atoms with E-state index in [0.717, 1.165) is 22.4 Å². The molecule has 0 radical (unpaired) electrons. The molecule has 0 bridgehead atoms. The fourth-order valence-corrected chi connectivity index (χ4v) is 3.69. The van der Waals surface area contributed by atoms with Crippen LogP contribution < -0.4 is 9.62 Å². The first kappa shape index (κ1) is 18.4. The van der Waals surface area contributed by atoms with Crippen molar-refractivity contribution in [3.8, 4) is 0 Å². The fourth-order valence-electron chi connectivity index (χ4n) is 2.38. The second-order valence-electron chi connectivity index (χ2n) is 6.22. The summed E-state index contributed by atoms with van der Waals surface area (Å²) < 4.78 is 27.9. The Hall–Kier alpha value is -1.99. The predicted octanol–water partition coefficient (Wildman–Crippen LogP) is 2.25. The molecule has 24 heavy (non-hydrogen) atoms. The first-order chi connectivity index (χ1) is 11.1. The topological polar surface area (TPSA) is 75.2 Å². The van der Waals surface area contributed by atoms with Crippen LogP contribution in [0.1, 0.15) is 28.1 Å². The molecule has 2 rings (SSSR count). The molecule has 0 aliphatic carbocycles. The average Bonchev–Trinajstić information content (AvgIpc) is 2.48. The number of benzene rings is 1. The van der Waals surface area contributed by atoms with Crippen LogP contribution in [0.4, 0.5) is 5.95 Å². The second kappa shape index (κ2) is 6.86. The fraction of sp³-hybridized carbons (Fsp3) is 0.412. The molecule has 0 unspecified atom stereocenters. The van der Waals surface area contributed by atoms with Crippen molar-refractivity contribution in [1.29, 1.82) is 0 Å². The highest BCUT2D eigenvalue weighted by Crippen LogP contribution is 2.20. The molecule has 130 valence electrons. The van der Waals surface area contributed by atoms with Gasteiger partial charge >= 0.3 is 0 Å². The Morgan fingerprint density at radius 3 is 2.21 bits per heavy atom. The van der Waals surface area contributed by atoms with Gasteiger partial charge in [0.2, 0.25) is 16.0 Å². The van der Waals surface area contributed by atoms with Crippen molar-refractivity contribution < 1.29 is 8.42 Å². The Morgan fingerprint density at radius 1 is 0.958 bits per heavy atom. The SMILES string of the molecule is Cc1cc(CNS(=O)(=O)c2cc(C)c(C)cc2C)nc(N(C)C)n1. The lowest BCUT2D eigenvalue weighted by molar-refractivity contribution is 0.579. The average molecular weight is 348 g/mol. The molecule has 0 saturated heterocycles. The van der Waals surface area contributed by atoms with Gasteiger partial charge in [-0.05, 0) is 56.5 Å². The monoisotopic (exact) mass is 348 g/mol. The molecule has 1 heterocycles. The zero-order chi connectivity index (χ0) is 18.1. The standard InChI is InChI=1S/C17H24N4O2S/c1-11-7-13(3)16(8-12(11)2)24(22,23)18-10-15-9-14(4)19-17(20-15)21(5)6/h7-9,18H,10H2,1-6H3. The molecule has 0 amide bonds. The Labute approximate surface area is 144 Å². The van der Waals surface area contributed by atoms with E-state index in [1.54, 1.807) is 24.0 Å². The molecule has 0 aliphatic rings. The summed E-state index contributed by atoms with van der Waals surface area (Å²) >= 11 is 0. The smallest absolute Gasteiger partial charge is 0.241 e. The molecule has 0 spiro atoms. The first-order valence-corrected chi connectivity index (χ1v) is 9.18. The van der Waals surface area contributed by atoms with Gasteiger partial charge in [-0.3, -0.25) is 0 Å². The number of rotatable bonds is 5. The van der Waals surface area contributed by atoms with Crippen LogP contribution in [0.15, 0.2) is 23.1 Å². The van der Waals surface area contributed by atoms with Crippen LogP contribution in [-0.2, 0) is 16.6 Å². The third kappa shape index (κ3) is 4.10. The van der Waals surface area contributed by atoms with E-state index in [1.165, 1.54) is 0 Å². The lowest BCUT2D eigenvalue weighted by atomic mass is 10.1. The van der Waals surface area contributed by atoms with Crippen LogP contribution in [0.25, 0.3) is 0 Å². The highest BCUT2D eigenvalue weighted by molar-refractivity contribution is 7.89. The van der Waals surface area contributed by atoms with E-state index >= 15 is 0 Å². The Balaban J connectivity index is 2.27. The van der Waals surface area contributed by atoms with E-state index < -0.39 is 10.0 Å². The number of aryl methyl sites for hydroxylation is 4. The largest absolute Gasteiger partial charge is 0.347 e. The predicted molar refractivity (Wildman–Crippen MR) is 95.8 cm³/mol. The highest BCUT2D eigenvalue weighted by atomic mass is 32.2. The van der Waals surface area contributed by atoms with Gasteiger partial charge in [0.15, 0.2) is 0 Å². The van der Waals surface area contributed by atoms with Gasteiger partial charge in [-0.15, -0.1) is 0 Å². The molecule has 1 N–H and O–H groups in total. The summed E-state index contributed by atoms with van der Waals surface area (Å²) in [6, 6.07) is 5.38. The van der Waals surface area contributed by atoms with E-state index in [-0.39, 0.29) is 6.54 Å². The number of sulfonamides is 1. The van der Waals surface area contributed by atoms with Gasteiger partial charge < -0.3 is 4.90 Å². The minimum atomic E-state index is -3.60. The summed E-state index contributed by atoms with van der Waals surface area (Å²) in [5, 5.41) is 0. The number of hydrogen-bond donors (Lipinski definition) is 1. The number of aromatic nitrogens is 2. The Morgan fingerprint density at radius 2 is 1.58 bits per heavy atom. The molecule has 1 aromatic heterocycles. The summed E-state index contributed by atoms with van der Waals surface area (Å²) in [6.07, 6.45) is 0. The number of hydrogen-bond acceptors (Lipinski definition) is 5. The Bertz CT molecular complexity index is 861. The maximum absolute atomic E-state index is 12.6. The minimum absolute atomic E-state index is 0.124. The maximum Gasteiger partial charge on any atom is 0.241 e. The van der Waals surface area contributed by atoms with Gasteiger partial charge in [0, 0.05) is 19.8 Å². The van der Waals surface area contributed by atoms with Crippen LogP contribution in [0.3, 0.4) is 0 Å². The van der Waals surface area contributed by atoms with Crippen molar-refractivity contribution in [2.24, 2.45) is 0 Å². The van der Waals surface area contributed by atoms with Crippen molar-refractivity contribution in [3.05, 3.63) is 46.3 Å². The minimum Gasteiger partial charge on any atom is -0.347 e. The van der Waals surface area contributed by atoms with E-state index in [4.69, 9.17) is 0 Å². The Kier molecular flexibility index (Phi) is 5.25. The molecule has 0 saturated carbocycles. The van der Waals surface area contributed by atoms with Crippen LogP contribution >= 0.6 is 0 Å². The molecule has 2 aromatic rings. The van der Waals surface area contributed by atoms with E-state index in [2.05, 4.69) is 14.7 Å². The summed E-state index contributed by atoms with van der Waals surface area (Å²) in [4.78, 5) is 10.8. The third-order valence-corrected chi connectivity index (χ3v) is 5.36. The lowest BCUT2D eigenvalue weighted by Gasteiger charge is -2.14. The van der Waals surface area contributed by atoms with Crippen LogP contribution in [0.5, 0.6) is 0 Å². The van der Waals surface area contributed by atoms with E-state index in [1.807, 2.05) is 40.9 Å². The molecule has 0 atom stereocenters. The molecule has 7 heteroatoms. The van der Waals surface area contributed by atoms with Crippen molar-refractivity contribution in [2.75, 3.05) is 19.0 Å². The number of anilines is 1. The molecular formula is C17H24N4O2S. The lowest BCUT2D eigenvalue weighted by Crippen LogP contribution is -2.25. The van der Waals surface area contributed by atoms with Crippen molar-refractivity contribution in [3.63, 3.8) is 0 Å². The van der Waals surface area contributed by atoms with E-state index in [0.29, 0.717) is 16.5 Å². The summed E-state index contributed by atoms with van der Waals surface area (Å²) in [7, 11) is 0.0984.